The largest absolute Gasteiger partial charge is 0.450 e. The van der Waals surface area contributed by atoms with E-state index in [-0.39, 0.29) is 6.61 Å². The minimum absolute atomic E-state index is 0.276. The summed E-state index contributed by atoms with van der Waals surface area (Å²) in [5.41, 5.74) is 8.51. The van der Waals surface area contributed by atoms with Crippen molar-refractivity contribution in [3.05, 3.63) is 59.9 Å². The van der Waals surface area contributed by atoms with Crippen molar-refractivity contribution >= 4 is 40.4 Å². The molecule has 0 saturated heterocycles. The van der Waals surface area contributed by atoms with Gasteiger partial charge in [0.15, 0.2) is 0 Å². The fourth-order valence-electron chi connectivity index (χ4n) is 2.57. The fourth-order valence-corrected chi connectivity index (χ4v) is 2.57. The Labute approximate surface area is 149 Å². The molecule has 26 heavy (non-hydrogen) atoms. The van der Waals surface area contributed by atoms with Crippen LogP contribution >= 0.6 is 0 Å². The molecular formula is C19H18N4O3. The van der Waals surface area contributed by atoms with Crippen LogP contribution in [0.25, 0.3) is 22.7 Å². The Hall–Kier alpha value is -3.61. The molecule has 2 amide bonds. The van der Waals surface area contributed by atoms with Gasteiger partial charge in [0.1, 0.15) is 5.65 Å². The Morgan fingerprint density at radius 2 is 2.08 bits per heavy atom. The highest BCUT2D eigenvalue weighted by Crippen LogP contribution is 2.25. The van der Waals surface area contributed by atoms with Crippen molar-refractivity contribution in [3.8, 4) is 0 Å². The molecule has 0 aliphatic rings. The maximum absolute atomic E-state index is 11.9. The summed E-state index contributed by atoms with van der Waals surface area (Å²) in [4.78, 5) is 30.8. The number of nitrogens with one attached hydrogen (secondary N) is 2. The molecule has 7 heteroatoms. The number of benzene rings is 1. The first kappa shape index (κ1) is 17.2. The number of carbonyl (C=O) groups excluding carboxylic acids is 2. The van der Waals surface area contributed by atoms with E-state index < -0.39 is 12.0 Å². The lowest BCUT2D eigenvalue weighted by molar-refractivity contribution is -0.112. The van der Waals surface area contributed by atoms with Gasteiger partial charge in [-0.1, -0.05) is 30.3 Å². The van der Waals surface area contributed by atoms with E-state index in [1.165, 1.54) is 6.20 Å². The van der Waals surface area contributed by atoms with Crippen LogP contribution < -0.4 is 11.1 Å². The van der Waals surface area contributed by atoms with E-state index >= 15 is 0 Å². The number of carbonyl (C=O) groups is 2. The van der Waals surface area contributed by atoms with E-state index in [2.05, 4.69) is 15.3 Å². The minimum atomic E-state index is -0.552. The number of nitrogens with zero attached hydrogens (tertiary/aromatic N) is 1. The Morgan fingerprint density at radius 3 is 2.77 bits per heavy atom. The number of primary amides is 1. The highest BCUT2D eigenvalue weighted by Gasteiger charge is 2.12. The van der Waals surface area contributed by atoms with Gasteiger partial charge in [-0.25, -0.2) is 9.78 Å². The normalized spacial score (nSPS) is 11.3. The van der Waals surface area contributed by atoms with Crippen molar-refractivity contribution in [2.45, 2.75) is 6.92 Å². The van der Waals surface area contributed by atoms with Crippen LogP contribution in [0.1, 0.15) is 18.1 Å². The molecule has 3 rings (SSSR count). The Bertz CT molecular complexity index is 977. The van der Waals surface area contributed by atoms with Gasteiger partial charge in [-0.2, -0.15) is 0 Å². The number of amides is 2. The van der Waals surface area contributed by atoms with Gasteiger partial charge in [-0.05, 0) is 24.6 Å². The second-order valence-electron chi connectivity index (χ2n) is 5.50. The van der Waals surface area contributed by atoms with Gasteiger partial charge in [-0.15, -0.1) is 0 Å². The van der Waals surface area contributed by atoms with Crippen molar-refractivity contribution in [1.29, 1.82) is 0 Å². The molecule has 0 unspecified atom stereocenters. The minimum Gasteiger partial charge on any atom is -0.450 e. The van der Waals surface area contributed by atoms with Crippen molar-refractivity contribution < 1.29 is 14.3 Å². The zero-order chi connectivity index (χ0) is 18.5. The third kappa shape index (κ3) is 3.72. The van der Waals surface area contributed by atoms with E-state index in [4.69, 9.17) is 10.5 Å². The zero-order valence-electron chi connectivity index (χ0n) is 14.2. The van der Waals surface area contributed by atoms with Gasteiger partial charge in [0.2, 0.25) is 5.91 Å². The lowest BCUT2D eigenvalue weighted by Gasteiger charge is -2.05. The first-order valence-corrected chi connectivity index (χ1v) is 8.06. The van der Waals surface area contributed by atoms with Gasteiger partial charge in [0.25, 0.3) is 0 Å². The first-order valence-electron chi connectivity index (χ1n) is 8.06. The smallest absolute Gasteiger partial charge is 0.411 e. The number of aromatic amines is 1. The summed E-state index contributed by atoms with van der Waals surface area (Å²) in [5, 5.41) is 3.35. The van der Waals surface area contributed by atoms with Crippen LogP contribution in [0, 0.1) is 0 Å². The van der Waals surface area contributed by atoms with Gasteiger partial charge >= 0.3 is 6.09 Å². The van der Waals surface area contributed by atoms with Crippen LogP contribution in [-0.4, -0.2) is 28.6 Å². The van der Waals surface area contributed by atoms with E-state index in [1.54, 1.807) is 25.3 Å². The van der Waals surface area contributed by atoms with Crippen LogP contribution in [0.15, 0.2) is 48.8 Å². The summed E-state index contributed by atoms with van der Waals surface area (Å²) in [5.74, 6) is -0.528. The molecular weight excluding hydrogens is 332 g/mol. The van der Waals surface area contributed by atoms with Crippen molar-refractivity contribution in [3.63, 3.8) is 0 Å². The van der Waals surface area contributed by atoms with E-state index in [9.17, 15) is 9.59 Å². The second kappa shape index (κ2) is 7.52. The van der Waals surface area contributed by atoms with Gasteiger partial charge in [0, 0.05) is 22.7 Å². The Balaban J connectivity index is 2.01. The van der Waals surface area contributed by atoms with Gasteiger partial charge in [0.05, 0.1) is 18.5 Å². The van der Waals surface area contributed by atoms with Gasteiger partial charge < -0.3 is 15.5 Å². The number of anilines is 1. The average molecular weight is 350 g/mol. The van der Waals surface area contributed by atoms with Crippen LogP contribution in [-0.2, 0) is 9.53 Å². The number of ether oxygens (including phenoxy) is 1. The molecule has 4 N–H and O–H groups in total. The molecule has 2 heterocycles. The average Bonchev–Trinajstić information content (AvgIpc) is 3.02. The summed E-state index contributed by atoms with van der Waals surface area (Å²) < 4.78 is 4.86. The van der Waals surface area contributed by atoms with Crippen molar-refractivity contribution in [2.24, 2.45) is 5.73 Å². The third-order valence-electron chi connectivity index (χ3n) is 3.74. The molecule has 0 aliphatic carbocycles. The highest BCUT2D eigenvalue weighted by molar-refractivity contribution is 6.24. The number of hydrogen-bond donors (Lipinski definition) is 3. The summed E-state index contributed by atoms with van der Waals surface area (Å²) in [6, 6.07) is 10.9. The molecule has 7 nitrogen and oxygen atoms in total. The molecule has 0 aliphatic heterocycles. The topological polar surface area (TPSA) is 110 Å². The molecule has 2 aromatic heterocycles. The fraction of sp³-hybridized carbons (Fsp3) is 0.105. The highest BCUT2D eigenvalue weighted by atomic mass is 16.5. The monoisotopic (exact) mass is 350 g/mol. The number of fused-ring (bicyclic) bond motifs is 1. The van der Waals surface area contributed by atoms with E-state index in [0.29, 0.717) is 16.9 Å². The number of pyridine rings is 1. The molecule has 0 spiro atoms. The molecule has 1 aromatic carbocycles. The molecule has 0 radical (unpaired) electrons. The number of H-pyrrole nitrogens is 1. The second-order valence-corrected chi connectivity index (χ2v) is 5.50. The van der Waals surface area contributed by atoms with Crippen LogP contribution in [0.5, 0.6) is 0 Å². The quantitative estimate of drug-likeness (QED) is 0.614. The molecule has 0 bridgehead atoms. The third-order valence-corrected chi connectivity index (χ3v) is 3.74. The summed E-state index contributed by atoms with van der Waals surface area (Å²) >= 11 is 0. The maximum atomic E-state index is 11.9. The van der Waals surface area contributed by atoms with E-state index in [1.807, 2.05) is 30.3 Å². The van der Waals surface area contributed by atoms with Crippen LogP contribution in [0.4, 0.5) is 10.5 Å². The summed E-state index contributed by atoms with van der Waals surface area (Å²) in [6.07, 6.45) is 4.41. The number of aromatic nitrogens is 2. The number of rotatable bonds is 5. The molecule has 0 saturated carbocycles. The molecule has 132 valence electrons. The van der Waals surface area contributed by atoms with E-state index in [0.717, 1.165) is 16.5 Å². The molecule has 0 fully saturated rings. The summed E-state index contributed by atoms with van der Waals surface area (Å²) in [6.45, 7) is 2.00. The number of nitrogens with two attached hydrogens (primary N) is 1. The Morgan fingerprint density at radius 1 is 1.31 bits per heavy atom. The Kier molecular flexibility index (Phi) is 4.98. The first-order chi connectivity index (χ1) is 12.6. The van der Waals surface area contributed by atoms with Crippen molar-refractivity contribution in [1.82, 2.24) is 9.97 Å². The number of hydrogen-bond acceptors (Lipinski definition) is 4. The lowest BCUT2D eigenvalue weighted by atomic mass is 10.0. The maximum Gasteiger partial charge on any atom is 0.411 e. The molecule has 0 atom stereocenters. The standard InChI is InChI=1S/C19H18N4O3/c1-2-26-19(25)23-14-9-16-13(10-21-18(16)22-11-14)8-15(17(20)24)12-6-4-3-5-7-12/h3-11H,2H2,1H3,(H2,20,24)(H,21,22)(H,23,25)/b15-8-. The zero-order valence-corrected chi connectivity index (χ0v) is 14.2. The summed E-state index contributed by atoms with van der Waals surface area (Å²) in [7, 11) is 0. The predicted octanol–water partition coefficient (Wildman–Crippen LogP) is 3.16. The van der Waals surface area contributed by atoms with Crippen LogP contribution in [0.2, 0.25) is 0 Å². The van der Waals surface area contributed by atoms with Crippen LogP contribution in [0.3, 0.4) is 0 Å². The SMILES string of the molecule is CCOC(=O)Nc1cnc2[nH]cc(/C=C(\C(N)=O)c3ccccc3)c2c1. The molecule has 3 aromatic rings. The van der Waals surface area contributed by atoms with Gasteiger partial charge in [-0.3, -0.25) is 10.1 Å². The predicted molar refractivity (Wildman–Crippen MR) is 100 cm³/mol. The van der Waals surface area contributed by atoms with Crippen molar-refractivity contribution in [2.75, 3.05) is 11.9 Å². The lowest BCUT2D eigenvalue weighted by Crippen LogP contribution is -2.13.